The number of ether oxygens (including phenoxy) is 1. The summed E-state index contributed by atoms with van der Waals surface area (Å²) in [5.74, 6) is -0.363. The second kappa shape index (κ2) is 8.05. The summed E-state index contributed by atoms with van der Waals surface area (Å²) in [4.78, 5) is 12.6. The molecular formula is C23H24O3. The molecule has 1 atom stereocenters. The molecule has 0 aliphatic carbocycles. The van der Waals surface area contributed by atoms with Gasteiger partial charge in [-0.05, 0) is 30.0 Å². The summed E-state index contributed by atoms with van der Waals surface area (Å²) < 4.78 is 5.88. The molecule has 2 aromatic carbocycles. The molecule has 1 aliphatic rings. The van der Waals surface area contributed by atoms with Gasteiger partial charge in [-0.2, -0.15) is 0 Å². The fourth-order valence-electron chi connectivity index (χ4n) is 3.43. The minimum absolute atomic E-state index is 0.0999. The fraction of sp³-hybridized carbons (Fsp3) is 0.261. The van der Waals surface area contributed by atoms with Crippen molar-refractivity contribution in [1.29, 1.82) is 0 Å². The van der Waals surface area contributed by atoms with E-state index < -0.39 is 11.6 Å². The lowest BCUT2D eigenvalue weighted by molar-refractivity contribution is -0.160. The molecule has 0 saturated heterocycles. The van der Waals surface area contributed by atoms with Crippen LogP contribution >= 0.6 is 0 Å². The van der Waals surface area contributed by atoms with E-state index in [1.807, 2.05) is 66.7 Å². The monoisotopic (exact) mass is 348 g/mol. The Morgan fingerprint density at radius 3 is 2.35 bits per heavy atom. The Bertz CT molecular complexity index is 806. The van der Waals surface area contributed by atoms with Crippen LogP contribution < -0.4 is 0 Å². The van der Waals surface area contributed by atoms with Gasteiger partial charge in [0.05, 0.1) is 12.0 Å². The highest BCUT2D eigenvalue weighted by Crippen LogP contribution is 2.41. The van der Waals surface area contributed by atoms with Gasteiger partial charge in [0.15, 0.2) is 0 Å². The van der Waals surface area contributed by atoms with Gasteiger partial charge in [0.1, 0.15) is 11.4 Å². The van der Waals surface area contributed by atoms with Crippen LogP contribution in [0.3, 0.4) is 0 Å². The highest BCUT2D eigenvalue weighted by molar-refractivity contribution is 5.93. The molecule has 1 N–H and O–H groups in total. The zero-order chi connectivity index (χ0) is 18.4. The van der Waals surface area contributed by atoms with Crippen molar-refractivity contribution in [3.8, 4) is 0 Å². The normalized spacial score (nSPS) is 20.4. The van der Waals surface area contributed by atoms with Gasteiger partial charge >= 0.3 is 5.97 Å². The van der Waals surface area contributed by atoms with E-state index in [0.717, 1.165) is 17.5 Å². The lowest BCUT2D eigenvalue weighted by atomic mass is 9.82. The number of allylic oxidation sites excluding steroid dienone is 1. The maximum Gasteiger partial charge on any atom is 0.342 e. The topological polar surface area (TPSA) is 46.5 Å². The fourth-order valence-corrected chi connectivity index (χ4v) is 3.43. The van der Waals surface area contributed by atoms with Gasteiger partial charge in [0, 0.05) is 0 Å². The Balaban J connectivity index is 1.83. The Hall–Kier alpha value is -2.81. The van der Waals surface area contributed by atoms with Crippen LogP contribution in [-0.4, -0.2) is 11.1 Å². The van der Waals surface area contributed by atoms with Gasteiger partial charge in [0.25, 0.3) is 0 Å². The molecule has 1 aliphatic heterocycles. The van der Waals surface area contributed by atoms with Gasteiger partial charge in [0.2, 0.25) is 0 Å². The number of carbonyl (C=O) groups excluding carboxylic acids is 1. The molecule has 0 bridgehead atoms. The first-order chi connectivity index (χ1) is 12.6. The molecule has 3 nitrogen and oxygen atoms in total. The number of aliphatic hydroxyl groups excluding tert-OH is 1. The summed E-state index contributed by atoms with van der Waals surface area (Å²) in [6, 6.07) is 19.7. The zero-order valence-corrected chi connectivity index (χ0v) is 15.0. The van der Waals surface area contributed by atoms with Gasteiger partial charge in [-0.3, -0.25) is 0 Å². The number of hydrogen-bond acceptors (Lipinski definition) is 3. The predicted octanol–water partition coefficient (Wildman–Crippen LogP) is 5.24. The average Bonchev–Trinajstić information content (AvgIpc) is 2.66. The minimum Gasteiger partial charge on any atom is -0.511 e. The van der Waals surface area contributed by atoms with Crippen LogP contribution in [0.2, 0.25) is 0 Å². The second-order valence-corrected chi connectivity index (χ2v) is 6.63. The maximum absolute atomic E-state index is 12.6. The molecule has 3 rings (SSSR count). The van der Waals surface area contributed by atoms with Gasteiger partial charge < -0.3 is 9.84 Å². The standard InChI is InChI=1S/C23H24O3/c1-2-16-23(19-13-7-4-8-14-19)17-21(24)20(22(25)26-23)15-9-12-18-10-5-3-6-11-18/h3-11,13-15,24H,2,12,16-17H2,1H3. The van der Waals surface area contributed by atoms with Crippen LogP contribution in [0.1, 0.15) is 37.3 Å². The van der Waals surface area contributed by atoms with E-state index >= 15 is 0 Å². The first-order valence-electron chi connectivity index (χ1n) is 9.06. The van der Waals surface area contributed by atoms with Crippen LogP contribution in [0.15, 0.2) is 84.1 Å². The van der Waals surface area contributed by atoms with Gasteiger partial charge in [-0.25, -0.2) is 4.79 Å². The molecule has 26 heavy (non-hydrogen) atoms. The van der Waals surface area contributed by atoms with Crippen LogP contribution in [0.4, 0.5) is 0 Å². The predicted molar refractivity (Wildman–Crippen MR) is 103 cm³/mol. The zero-order valence-electron chi connectivity index (χ0n) is 15.0. The molecule has 0 spiro atoms. The summed E-state index contributed by atoms with van der Waals surface area (Å²) in [6.07, 6.45) is 6.09. The third-order valence-corrected chi connectivity index (χ3v) is 4.71. The molecule has 1 unspecified atom stereocenters. The van der Waals surface area contributed by atoms with Crippen LogP contribution in [-0.2, 0) is 21.6 Å². The molecule has 0 fully saturated rings. The van der Waals surface area contributed by atoms with E-state index in [-0.39, 0.29) is 11.3 Å². The molecule has 0 radical (unpaired) electrons. The van der Waals surface area contributed by atoms with Crippen molar-refractivity contribution < 1.29 is 14.6 Å². The number of carbonyl (C=O) groups is 1. The Labute approximate surface area is 154 Å². The molecule has 1 heterocycles. The molecule has 0 amide bonds. The molecule has 0 aromatic heterocycles. The molecule has 0 saturated carbocycles. The second-order valence-electron chi connectivity index (χ2n) is 6.63. The summed E-state index contributed by atoms with van der Waals surface area (Å²) in [6.45, 7) is 2.05. The van der Waals surface area contributed by atoms with Crippen molar-refractivity contribution in [1.82, 2.24) is 0 Å². The van der Waals surface area contributed by atoms with Gasteiger partial charge in [-0.1, -0.05) is 80.1 Å². The number of rotatable bonds is 6. The van der Waals surface area contributed by atoms with Crippen molar-refractivity contribution in [3.05, 3.63) is 95.3 Å². The Kier molecular flexibility index (Phi) is 5.57. The molecule has 2 aromatic rings. The van der Waals surface area contributed by atoms with Crippen molar-refractivity contribution in [2.24, 2.45) is 0 Å². The number of hydrogen-bond donors (Lipinski definition) is 1. The summed E-state index contributed by atoms with van der Waals surface area (Å²) in [7, 11) is 0. The highest BCUT2D eigenvalue weighted by atomic mass is 16.6. The molecular weight excluding hydrogens is 324 g/mol. The SMILES string of the molecule is CCCC1(c2ccccc2)CC(O)=C(C=CCc2ccccc2)C(=O)O1. The van der Waals surface area contributed by atoms with E-state index in [9.17, 15) is 9.90 Å². The smallest absolute Gasteiger partial charge is 0.342 e. The molecule has 3 heteroatoms. The maximum atomic E-state index is 12.6. The lowest BCUT2D eigenvalue weighted by Crippen LogP contribution is -2.37. The third-order valence-electron chi connectivity index (χ3n) is 4.71. The third kappa shape index (κ3) is 3.88. The Morgan fingerprint density at radius 2 is 1.73 bits per heavy atom. The van der Waals surface area contributed by atoms with Crippen LogP contribution in [0, 0.1) is 0 Å². The van der Waals surface area contributed by atoms with Crippen LogP contribution in [0.5, 0.6) is 0 Å². The van der Waals surface area contributed by atoms with Crippen molar-refractivity contribution in [2.75, 3.05) is 0 Å². The van der Waals surface area contributed by atoms with Crippen molar-refractivity contribution in [3.63, 3.8) is 0 Å². The number of benzene rings is 2. The molecule has 134 valence electrons. The quantitative estimate of drug-likeness (QED) is 0.726. The van der Waals surface area contributed by atoms with Crippen molar-refractivity contribution >= 4 is 5.97 Å². The van der Waals surface area contributed by atoms with Crippen molar-refractivity contribution in [2.45, 2.75) is 38.2 Å². The minimum atomic E-state index is -0.784. The van der Waals surface area contributed by atoms with E-state index in [4.69, 9.17) is 4.74 Å². The van der Waals surface area contributed by atoms with Crippen LogP contribution in [0.25, 0.3) is 0 Å². The largest absolute Gasteiger partial charge is 0.511 e. The Morgan fingerprint density at radius 1 is 1.08 bits per heavy atom. The summed E-state index contributed by atoms with van der Waals surface area (Å²) in [5, 5.41) is 10.6. The summed E-state index contributed by atoms with van der Waals surface area (Å²) >= 11 is 0. The van der Waals surface area contributed by atoms with E-state index in [2.05, 4.69) is 6.92 Å². The first kappa shape index (κ1) is 18.0. The number of aliphatic hydroxyl groups is 1. The number of cyclic esters (lactones) is 1. The highest BCUT2D eigenvalue weighted by Gasteiger charge is 2.42. The lowest BCUT2D eigenvalue weighted by Gasteiger charge is -2.37. The first-order valence-corrected chi connectivity index (χ1v) is 9.06. The number of esters is 1. The van der Waals surface area contributed by atoms with E-state index in [1.54, 1.807) is 6.08 Å². The van der Waals surface area contributed by atoms with E-state index in [1.165, 1.54) is 0 Å². The summed E-state index contributed by atoms with van der Waals surface area (Å²) in [5.41, 5.74) is 1.55. The van der Waals surface area contributed by atoms with Gasteiger partial charge in [-0.15, -0.1) is 0 Å². The van der Waals surface area contributed by atoms with E-state index in [0.29, 0.717) is 19.3 Å². The average molecular weight is 348 g/mol.